The van der Waals surface area contributed by atoms with Gasteiger partial charge in [-0.25, -0.2) is 5.43 Å². The average molecular weight is 489 g/mol. The lowest BCUT2D eigenvalue weighted by Crippen LogP contribution is -2.32. The number of para-hydroxylation sites is 3. The summed E-state index contributed by atoms with van der Waals surface area (Å²) in [6.45, 7) is 5.66. The zero-order valence-electron chi connectivity index (χ0n) is 20.5. The predicted molar refractivity (Wildman–Crippen MR) is 139 cm³/mol. The van der Waals surface area contributed by atoms with Crippen LogP contribution >= 0.6 is 0 Å². The number of carbonyl (C=O) groups excluding carboxylic acids is 3. The summed E-state index contributed by atoms with van der Waals surface area (Å²) in [6.07, 6.45) is 1.33. The van der Waals surface area contributed by atoms with Crippen LogP contribution in [-0.2, 0) is 14.4 Å². The molecule has 0 radical (unpaired) electrons. The van der Waals surface area contributed by atoms with Gasteiger partial charge in [-0.05, 0) is 56.2 Å². The normalized spacial score (nSPS) is 10.6. The minimum absolute atomic E-state index is 0.217. The number of anilines is 2. The Hall–Kier alpha value is -4.66. The predicted octanol–water partition coefficient (Wildman–Crippen LogP) is 3.73. The van der Waals surface area contributed by atoms with Crippen LogP contribution in [-0.4, -0.2) is 37.7 Å². The van der Waals surface area contributed by atoms with Crippen LogP contribution in [0.1, 0.15) is 22.3 Å². The number of rotatable bonds is 8. The molecule has 0 unspecified atom stereocenters. The number of benzene rings is 3. The molecule has 0 bridgehead atoms. The molecule has 36 heavy (non-hydrogen) atoms. The Morgan fingerprint density at radius 2 is 1.50 bits per heavy atom. The minimum Gasteiger partial charge on any atom is -0.495 e. The highest BCUT2D eigenvalue weighted by Gasteiger charge is 2.15. The van der Waals surface area contributed by atoms with Crippen LogP contribution in [0, 0.1) is 20.8 Å². The molecule has 0 atom stereocenters. The van der Waals surface area contributed by atoms with Crippen molar-refractivity contribution in [2.24, 2.45) is 5.10 Å². The Balaban J connectivity index is 1.57. The number of nitrogens with zero attached hydrogens (tertiary/aromatic N) is 1. The minimum atomic E-state index is -0.959. The van der Waals surface area contributed by atoms with Gasteiger partial charge in [0, 0.05) is 11.3 Å². The lowest BCUT2D eigenvalue weighted by molar-refractivity contribution is -0.136. The molecule has 9 heteroatoms. The van der Waals surface area contributed by atoms with Gasteiger partial charge in [-0.3, -0.25) is 14.4 Å². The van der Waals surface area contributed by atoms with Gasteiger partial charge in [-0.1, -0.05) is 42.0 Å². The molecule has 3 amide bonds. The Kier molecular flexibility index (Phi) is 8.77. The van der Waals surface area contributed by atoms with E-state index in [9.17, 15) is 14.4 Å². The molecule has 3 aromatic carbocycles. The molecule has 9 nitrogen and oxygen atoms in total. The van der Waals surface area contributed by atoms with Crippen molar-refractivity contribution < 1.29 is 23.9 Å². The van der Waals surface area contributed by atoms with Crippen molar-refractivity contribution in [3.05, 3.63) is 82.9 Å². The Morgan fingerprint density at radius 3 is 2.19 bits per heavy atom. The number of carbonyl (C=O) groups is 3. The van der Waals surface area contributed by atoms with Crippen molar-refractivity contribution in [2.45, 2.75) is 20.8 Å². The highest BCUT2D eigenvalue weighted by molar-refractivity contribution is 6.39. The number of hydrogen-bond acceptors (Lipinski definition) is 6. The first-order valence-corrected chi connectivity index (χ1v) is 11.2. The Morgan fingerprint density at radius 1 is 0.861 bits per heavy atom. The van der Waals surface area contributed by atoms with Crippen LogP contribution in [0.4, 0.5) is 11.4 Å². The topological polar surface area (TPSA) is 118 Å². The summed E-state index contributed by atoms with van der Waals surface area (Å²) in [6, 6.07) is 17.6. The molecule has 0 fully saturated rings. The third-order valence-electron chi connectivity index (χ3n) is 5.15. The van der Waals surface area contributed by atoms with Gasteiger partial charge >= 0.3 is 11.8 Å². The monoisotopic (exact) mass is 488 g/mol. The third kappa shape index (κ3) is 6.92. The molecule has 0 saturated carbocycles. The van der Waals surface area contributed by atoms with E-state index in [2.05, 4.69) is 21.2 Å². The van der Waals surface area contributed by atoms with Gasteiger partial charge in [-0.2, -0.15) is 5.10 Å². The fourth-order valence-electron chi connectivity index (χ4n) is 3.55. The van der Waals surface area contributed by atoms with Crippen LogP contribution in [0.25, 0.3) is 0 Å². The summed E-state index contributed by atoms with van der Waals surface area (Å²) in [5.74, 6) is -1.36. The molecule has 0 aliphatic carbocycles. The summed E-state index contributed by atoms with van der Waals surface area (Å²) in [5.41, 5.74) is 6.87. The lowest BCUT2D eigenvalue weighted by atomic mass is 10.1. The summed E-state index contributed by atoms with van der Waals surface area (Å²) in [4.78, 5) is 36.8. The first-order valence-electron chi connectivity index (χ1n) is 11.2. The molecule has 0 saturated heterocycles. The van der Waals surface area contributed by atoms with Crippen molar-refractivity contribution in [2.75, 3.05) is 24.4 Å². The van der Waals surface area contributed by atoms with Gasteiger partial charge in [0.1, 0.15) is 11.5 Å². The average Bonchev–Trinajstić information content (AvgIpc) is 2.85. The number of methoxy groups -OCH3 is 1. The lowest BCUT2D eigenvalue weighted by Gasteiger charge is -2.14. The van der Waals surface area contributed by atoms with Crippen molar-refractivity contribution in [1.82, 2.24) is 5.43 Å². The quantitative estimate of drug-likeness (QED) is 0.254. The van der Waals surface area contributed by atoms with E-state index in [4.69, 9.17) is 9.47 Å². The van der Waals surface area contributed by atoms with Crippen molar-refractivity contribution >= 4 is 35.3 Å². The van der Waals surface area contributed by atoms with Crippen LogP contribution in [0.5, 0.6) is 11.5 Å². The molecule has 0 aromatic heterocycles. The third-order valence-corrected chi connectivity index (χ3v) is 5.15. The number of nitrogens with one attached hydrogen (secondary N) is 3. The van der Waals surface area contributed by atoms with Gasteiger partial charge in [0.2, 0.25) is 0 Å². The summed E-state index contributed by atoms with van der Waals surface area (Å²) in [5, 5.41) is 9.19. The second-order valence-electron chi connectivity index (χ2n) is 8.00. The maximum Gasteiger partial charge on any atom is 0.329 e. The maximum absolute atomic E-state index is 12.5. The largest absolute Gasteiger partial charge is 0.495 e. The molecule has 186 valence electrons. The van der Waals surface area contributed by atoms with Crippen LogP contribution in [0.2, 0.25) is 0 Å². The highest BCUT2D eigenvalue weighted by atomic mass is 16.5. The number of amides is 3. The van der Waals surface area contributed by atoms with Gasteiger partial charge in [0.15, 0.2) is 6.61 Å². The summed E-state index contributed by atoms with van der Waals surface area (Å²) >= 11 is 0. The van der Waals surface area contributed by atoms with E-state index in [-0.39, 0.29) is 12.5 Å². The van der Waals surface area contributed by atoms with E-state index in [0.717, 1.165) is 22.4 Å². The van der Waals surface area contributed by atoms with Crippen molar-refractivity contribution in [3.63, 3.8) is 0 Å². The first-order chi connectivity index (χ1) is 17.3. The second-order valence-corrected chi connectivity index (χ2v) is 8.00. The molecule has 0 aliphatic rings. The van der Waals surface area contributed by atoms with Crippen LogP contribution in [0.3, 0.4) is 0 Å². The van der Waals surface area contributed by atoms with E-state index >= 15 is 0 Å². The van der Waals surface area contributed by atoms with Crippen LogP contribution in [0.15, 0.2) is 65.8 Å². The molecule has 0 spiro atoms. The van der Waals surface area contributed by atoms with E-state index in [1.165, 1.54) is 13.3 Å². The highest BCUT2D eigenvalue weighted by Crippen LogP contribution is 2.23. The molecule has 3 aromatic rings. The fourth-order valence-corrected chi connectivity index (χ4v) is 3.55. The maximum atomic E-state index is 12.5. The Bertz CT molecular complexity index is 1280. The number of aryl methyl sites for hydroxylation is 3. The van der Waals surface area contributed by atoms with Gasteiger partial charge in [0.25, 0.3) is 5.91 Å². The van der Waals surface area contributed by atoms with Crippen molar-refractivity contribution in [1.29, 1.82) is 0 Å². The van der Waals surface area contributed by atoms with E-state index in [1.54, 1.807) is 48.5 Å². The molecular weight excluding hydrogens is 460 g/mol. The number of ether oxygens (including phenoxy) is 2. The van der Waals surface area contributed by atoms with Gasteiger partial charge in [0.05, 0.1) is 19.0 Å². The molecular formula is C27H28N4O5. The summed E-state index contributed by atoms with van der Waals surface area (Å²) < 4.78 is 10.8. The second kappa shape index (κ2) is 12.2. The van der Waals surface area contributed by atoms with Crippen LogP contribution < -0.4 is 25.5 Å². The fraction of sp³-hybridized carbons (Fsp3) is 0.185. The van der Waals surface area contributed by atoms with Crippen molar-refractivity contribution in [3.8, 4) is 11.5 Å². The standard InChI is InChI=1S/C27H28N4O5/c1-17-13-18(2)25(19(3)14-17)30-24(32)16-36-22-11-7-5-9-20(22)15-28-31-27(34)26(33)29-21-10-6-8-12-23(21)35-4/h5-15H,16H2,1-4H3,(H,29,33)(H,30,32)(H,31,34). The molecule has 0 heterocycles. The SMILES string of the molecule is COc1ccccc1NC(=O)C(=O)NN=Cc1ccccc1OCC(=O)Nc1c(C)cc(C)cc1C. The zero-order chi connectivity index (χ0) is 26.1. The molecule has 0 aliphatic heterocycles. The van der Waals surface area contributed by atoms with E-state index in [1.807, 2.05) is 32.9 Å². The molecule has 3 N–H and O–H groups in total. The number of hydrogen-bond donors (Lipinski definition) is 3. The zero-order valence-corrected chi connectivity index (χ0v) is 20.5. The Labute approximate surface area is 209 Å². The summed E-state index contributed by atoms with van der Waals surface area (Å²) in [7, 11) is 1.46. The van der Waals surface area contributed by atoms with E-state index < -0.39 is 11.8 Å². The smallest absolute Gasteiger partial charge is 0.329 e. The van der Waals surface area contributed by atoms with Gasteiger partial charge < -0.3 is 20.1 Å². The first kappa shape index (κ1) is 26.0. The van der Waals surface area contributed by atoms with E-state index in [0.29, 0.717) is 22.7 Å². The molecule has 3 rings (SSSR count). The number of hydrazone groups is 1. The van der Waals surface area contributed by atoms with Gasteiger partial charge in [-0.15, -0.1) is 0 Å².